The summed E-state index contributed by atoms with van der Waals surface area (Å²) in [5, 5.41) is 6.39. The number of esters is 1. The first-order valence-electron chi connectivity index (χ1n) is 12.7. The molecule has 1 saturated heterocycles. The molecule has 2 aromatic carbocycles. The number of benzene rings is 2. The minimum absolute atomic E-state index is 0.0567. The maximum atomic E-state index is 13.6. The molecular formula is C27H30F4N6O3. The number of para-hydroxylation sites is 1. The quantitative estimate of drug-likeness (QED) is 0.317. The molecule has 2 heterocycles. The van der Waals surface area contributed by atoms with E-state index in [9.17, 15) is 27.2 Å². The van der Waals surface area contributed by atoms with Gasteiger partial charge in [0.15, 0.2) is 0 Å². The predicted molar refractivity (Wildman–Crippen MR) is 141 cm³/mol. The Hall–Kier alpha value is -4.00. The van der Waals surface area contributed by atoms with Crippen LogP contribution in [-0.2, 0) is 22.3 Å². The highest BCUT2D eigenvalue weighted by molar-refractivity contribution is 5.91. The van der Waals surface area contributed by atoms with E-state index < -0.39 is 35.6 Å². The van der Waals surface area contributed by atoms with E-state index in [0.717, 1.165) is 11.5 Å². The molecule has 0 spiro atoms. The number of hydrogen-bond acceptors (Lipinski definition) is 7. The zero-order chi connectivity index (χ0) is 29.0. The molecule has 3 aromatic rings. The van der Waals surface area contributed by atoms with Crippen LogP contribution in [0, 0.1) is 11.7 Å². The average Bonchev–Trinajstić information content (AvgIpc) is 2.91. The molecule has 13 heteroatoms. The SMILES string of the molecule is COC(=O)[C@@H](Nc1nc(CN2CCN(C(=O)Nc3ccc(F)c(C(F)(F)F)c3)CC2)nc2ccccc12)C(C)C. The fourth-order valence-corrected chi connectivity index (χ4v) is 4.41. The van der Waals surface area contributed by atoms with E-state index in [1.807, 2.05) is 38.1 Å². The van der Waals surface area contributed by atoms with Crippen LogP contribution >= 0.6 is 0 Å². The van der Waals surface area contributed by atoms with Crippen LogP contribution in [0.4, 0.5) is 33.9 Å². The number of fused-ring (bicyclic) bond motifs is 1. The summed E-state index contributed by atoms with van der Waals surface area (Å²) >= 11 is 0. The lowest BCUT2D eigenvalue weighted by molar-refractivity contribution is -0.142. The number of amides is 2. The van der Waals surface area contributed by atoms with E-state index in [2.05, 4.69) is 20.5 Å². The average molecular weight is 563 g/mol. The van der Waals surface area contributed by atoms with Crippen molar-refractivity contribution in [3.8, 4) is 0 Å². The van der Waals surface area contributed by atoms with Crippen LogP contribution in [0.1, 0.15) is 25.2 Å². The van der Waals surface area contributed by atoms with Crippen molar-refractivity contribution in [2.24, 2.45) is 5.92 Å². The minimum atomic E-state index is -4.87. The third kappa shape index (κ3) is 6.76. The van der Waals surface area contributed by atoms with Gasteiger partial charge in [0.25, 0.3) is 0 Å². The van der Waals surface area contributed by atoms with E-state index >= 15 is 0 Å². The first kappa shape index (κ1) is 29.0. The van der Waals surface area contributed by atoms with Crippen molar-refractivity contribution in [1.82, 2.24) is 19.8 Å². The highest BCUT2D eigenvalue weighted by Gasteiger charge is 2.34. The standard InChI is InChI=1S/C27H30F4N6O3/c1-16(2)23(25(38)40-3)35-24-18-6-4-5-7-21(18)33-22(34-24)15-36-10-12-37(13-11-36)26(39)32-17-8-9-20(28)19(14-17)27(29,30)31/h4-9,14,16,23H,10-13,15H2,1-3H3,(H,32,39)(H,33,34,35)/t23-/m0/s1. The fourth-order valence-electron chi connectivity index (χ4n) is 4.41. The first-order chi connectivity index (χ1) is 19.0. The zero-order valence-corrected chi connectivity index (χ0v) is 22.3. The second-order valence-corrected chi connectivity index (χ2v) is 9.78. The number of anilines is 2. The second kappa shape index (κ2) is 12.0. The Morgan fingerprint density at radius 2 is 1.75 bits per heavy atom. The number of nitrogens with one attached hydrogen (secondary N) is 2. The lowest BCUT2D eigenvalue weighted by Crippen LogP contribution is -2.49. The molecule has 1 atom stereocenters. The summed E-state index contributed by atoms with van der Waals surface area (Å²) in [5.74, 6) is -0.821. The van der Waals surface area contributed by atoms with Gasteiger partial charge < -0.3 is 20.3 Å². The van der Waals surface area contributed by atoms with Gasteiger partial charge in [-0.25, -0.2) is 23.9 Å². The third-order valence-corrected chi connectivity index (χ3v) is 6.61. The predicted octanol–water partition coefficient (Wildman–Crippen LogP) is 4.75. The number of ether oxygens (including phenoxy) is 1. The second-order valence-electron chi connectivity index (χ2n) is 9.78. The molecule has 0 aliphatic carbocycles. The van der Waals surface area contributed by atoms with Crippen LogP contribution in [0.25, 0.3) is 10.9 Å². The van der Waals surface area contributed by atoms with Crippen molar-refractivity contribution in [3.63, 3.8) is 0 Å². The molecule has 0 radical (unpaired) electrons. The number of hydrogen-bond donors (Lipinski definition) is 2. The van der Waals surface area contributed by atoms with Gasteiger partial charge in [-0.3, -0.25) is 4.90 Å². The van der Waals surface area contributed by atoms with E-state index in [-0.39, 0.29) is 11.6 Å². The van der Waals surface area contributed by atoms with Crippen LogP contribution < -0.4 is 10.6 Å². The summed E-state index contributed by atoms with van der Waals surface area (Å²) < 4.78 is 57.5. The molecular weight excluding hydrogens is 532 g/mol. The number of carbonyl (C=O) groups is 2. The Morgan fingerprint density at radius 3 is 2.40 bits per heavy atom. The van der Waals surface area contributed by atoms with Crippen molar-refractivity contribution in [2.45, 2.75) is 32.6 Å². The Labute approximate surface area is 228 Å². The van der Waals surface area contributed by atoms with Crippen molar-refractivity contribution < 1.29 is 31.9 Å². The first-order valence-corrected chi connectivity index (χ1v) is 12.7. The molecule has 0 unspecified atom stereocenters. The highest BCUT2D eigenvalue weighted by atomic mass is 19.4. The monoisotopic (exact) mass is 562 g/mol. The van der Waals surface area contributed by atoms with Crippen molar-refractivity contribution in [3.05, 3.63) is 59.7 Å². The summed E-state index contributed by atoms with van der Waals surface area (Å²) in [4.78, 5) is 37.9. The molecule has 1 aromatic heterocycles. The number of halogens is 4. The largest absolute Gasteiger partial charge is 0.467 e. The van der Waals surface area contributed by atoms with Crippen LogP contribution in [0.2, 0.25) is 0 Å². The van der Waals surface area contributed by atoms with Crippen LogP contribution in [0.15, 0.2) is 42.5 Å². The van der Waals surface area contributed by atoms with Gasteiger partial charge in [0, 0.05) is 37.3 Å². The summed E-state index contributed by atoms with van der Waals surface area (Å²) in [6.45, 7) is 5.76. The van der Waals surface area contributed by atoms with Crippen molar-refractivity contribution >= 4 is 34.4 Å². The molecule has 1 aliphatic heterocycles. The molecule has 2 N–H and O–H groups in total. The Balaban J connectivity index is 1.42. The van der Waals surface area contributed by atoms with Crippen LogP contribution in [0.5, 0.6) is 0 Å². The van der Waals surface area contributed by atoms with E-state index in [1.54, 1.807) is 0 Å². The third-order valence-electron chi connectivity index (χ3n) is 6.61. The fraction of sp³-hybridized carbons (Fsp3) is 0.407. The summed E-state index contributed by atoms with van der Waals surface area (Å²) in [5.41, 5.74) is -0.874. The van der Waals surface area contributed by atoms with Gasteiger partial charge in [-0.05, 0) is 36.2 Å². The molecule has 40 heavy (non-hydrogen) atoms. The summed E-state index contributed by atoms with van der Waals surface area (Å²) in [6.07, 6.45) is -4.87. The number of rotatable bonds is 7. The van der Waals surface area contributed by atoms with Gasteiger partial charge >= 0.3 is 18.2 Å². The number of piperazine rings is 1. The highest BCUT2D eigenvalue weighted by Crippen LogP contribution is 2.33. The van der Waals surface area contributed by atoms with E-state index in [1.165, 1.54) is 12.0 Å². The lowest BCUT2D eigenvalue weighted by atomic mass is 10.0. The van der Waals surface area contributed by atoms with Gasteiger partial charge in [-0.15, -0.1) is 0 Å². The van der Waals surface area contributed by atoms with Crippen molar-refractivity contribution in [2.75, 3.05) is 43.9 Å². The van der Waals surface area contributed by atoms with Gasteiger partial charge in [0.1, 0.15) is 23.5 Å². The molecule has 1 aliphatic rings. The number of aromatic nitrogens is 2. The van der Waals surface area contributed by atoms with Crippen LogP contribution in [-0.4, -0.2) is 71.1 Å². The molecule has 0 bridgehead atoms. The molecule has 2 amide bonds. The molecule has 0 saturated carbocycles. The summed E-state index contributed by atoms with van der Waals surface area (Å²) in [6, 6.07) is 8.61. The van der Waals surface area contributed by atoms with Gasteiger partial charge in [-0.2, -0.15) is 13.2 Å². The van der Waals surface area contributed by atoms with E-state index in [4.69, 9.17) is 9.72 Å². The summed E-state index contributed by atoms with van der Waals surface area (Å²) in [7, 11) is 1.34. The van der Waals surface area contributed by atoms with Crippen LogP contribution in [0.3, 0.4) is 0 Å². The molecule has 4 rings (SSSR count). The smallest absolute Gasteiger partial charge is 0.419 e. The van der Waals surface area contributed by atoms with Gasteiger partial charge in [0.05, 0.1) is 24.7 Å². The number of carbonyl (C=O) groups excluding carboxylic acids is 2. The number of nitrogens with zero attached hydrogens (tertiary/aromatic N) is 4. The zero-order valence-electron chi connectivity index (χ0n) is 22.3. The normalized spacial score (nSPS) is 15.2. The Bertz CT molecular complexity index is 1380. The molecule has 1 fully saturated rings. The van der Waals surface area contributed by atoms with Crippen molar-refractivity contribution in [1.29, 1.82) is 0 Å². The molecule has 214 valence electrons. The minimum Gasteiger partial charge on any atom is -0.467 e. The topological polar surface area (TPSA) is 99.7 Å². The number of methoxy groups -OCH3 is 1. The maximum Gasteiger partial charge on any atom is 0.419 e. The molecule has 9 nitrogen and oxygen atoms in total. The van der Waals surface area contributed by atoms with Gasteiger partial charge in [-0.1, -0.05) is 26.0 Å². The maximum absolute atomic E-state index is 13.6. The lowest BCUT2D eigenvalue weighted by Gasteiger charge is -2.34. The Kier molecular flexibility index (Phi) is 8.72. The number of alkyl halides is 3. The van der Waals surface area contributed by atoms with E-state index in [0.29, 0.717) is 62.0 Å². The Morgan fingerprint density at radius 1 is 1.05 bits per heavy atom. The number of urea groups is 1. The van der Waals surface area contributed by atoms with Gasteiger partial charge in [0.2, 0.25) is 0 Å².